The van der Waals surface area contributed by atoms with E-state index in [1.807, 2.05) is 23.2 Å². The maximum atomic E-state index is 5.84. The predicted molar refractivity (Wildman–Crippen MR) is 70.9 cm³/mol. The van der Waals surface area contributed by atoms with Crippen LogP contribution in [0.1, 0.15) is 0 Å². The molecule has 0 fully saturated rings. The number of nitrogens with two attached hydrogens (primary N) is 1. The highest BCUT2D eigenvalue weighted by Crippen LogP contribution is 2.26. The predicted octanol–water partition coefficient (Wildman–Crippen LogP) is 2.73. The van der Waals surface area contributed by atoms with Crippen LogP contribution in [-0.2, 0) is 0 Å². The number of thioether (sulfide) groups is 2. The number of nitrogens with zero attached hydrogens (tertiary/aromatic N) is 2. The van der Waals surface area contributed by atoms with E-state index in [0.717, 1.165) is 26.9 Å². The molecule has 0 saturated heterocycles. The molecule has 0 aliphatic carbocycles. The largest absolute Gasteiger partial charge is 0.383 e. The molecule has 0 aliphatic heterocycles. The van der Waals surface area contributed by atoms with E-state index in [4.69, 9.17) is 5.73 Å². The summed E-state index contributed by atoms with van der Waals surface area (Å²) in [5.74, 6) is 2.72. The van der Waals surface area contributed by atoms with Crippen molar-refractivity contribution in [3.63, 3.8) is 0 Å². The van der Waals surface area contributed by atoms with E-state index < -0.39 is 0 Å². The number of rotatable bonds is 4. The zero-order chi connectivity index (χ0) is 10.7. The number of fused-ring (bicyclic) bond motifs is 1. The number of anilines is 1. The molecule has 80 valence electrons. The molecular formula is C9H11N3S3. The lowest BCUT2D eigenvalue weighted by molar-refractivity contribution is 1.02. The van der Waals surface area contributed by atoms with Crippen LogP contribution in [0.15, 0.2) is 16.6 Å². The molecule has 0 aromatic carbocycles. The van der Waals surface area contributed by atoms with E-state index in [1.165, 1.54) is 0 Å². The topological polar surface area (TPSA) is 51.8 Å². The summed E-state index contributed by atoms with van der Waals surface area (Å²) in [4.78, 5) is 9.70. The summed E-state index contributed by atoms with van der Waals surface area (Å²) in [6, 6.07) is 1.96. The SMILES string of the molecule is CSCCSc1nc(N)c2ccsc2n1. The summed E-state index contributed by atoms with van der Waals surface area (Å²) in [5, 5.41) is 3.75. The Labute approximate surface area is 101 Å². The lowest BCUT2D eigenvalue weighted by atomic mass is 10.4. The van der Waals surface area contributed by atoms with E-state index in [-0.39, 0.29) is 0 Å². The van der Waals surface area contributed by atoms with Crippen molar-refractivity contribution in [2.24, 2.45) is 0 Å². The molecule has 0 aliphatic rings. The van der Waals surface area contributed by atoms with E-state index in [0.29, 0.717) is 5.82 Å². The van der Waals surface area contributed by atoms with Gasteiger partial charge in [-0.15, -0.1) is 11.3 Å². The van der Waals surface area contributed by atoms with Crippen LogP contribution in [0, 0.1) is 0 Å². The van der Waals surface area contributed by atoms with Crippen molar-refractivity contribution < 1.29 is 0 Å². The minimum Gasteiger partial charge on any atom is -0.383 e. The molecule has 2 aromatic rings. The van der Waals surface area contributed by atoms with Crippen LogP contribution in [0.25, 0.3) is 10.2 Å². The van der Waals surface area contributed by atoms with Crippen LogP contribution >= 0.6 is 34.9 Å². The molecule has 0 radical (unpaired) electrons. The molecule has 0 saturated carbocycles. The second kappa shape index (κ2) is 5.05. The zero-order valence-electron chi connectivity index (χ0n) is 8.27. The lowest BCUT2D eigenvalue weighted by Gasteiger charge is -2.01. The summed E-state index contributed by atoms with van der Waals surface area (Å²) in [6.07, 6.45) is 2.10. The third kappa shape index (κ3) is 2.56. The van der Waals surface area contributed by atoms with Gasteiger partial charge in [-0.05, 0) is 17.7 Å². The standard InChI is InChI=1S/C9H11N3S3/c1-13-4-5-15-9-11-7(10)6-2-3-14-8(6)12-9/h2-3H,4-5H2,1H3,(H2,10,11,12). The van der Waals surface area contributed by atoms with Gasteiger partial charge in [-0.2, -0.15) is 11.8 Å². The van der Waals surface area contributed by atoms with Crippen LogP contribution in [-0.4, -0.2) is 27.7 Å². The normalized spacial score (nSPS) is 11.0. The van der Waals surface area contributed by atoms with Crippen LogP contribution < -0.4 is 5.73 Å². The van der Waals surface area contributed by atoms with Crippen LogP contribution in [0.5, 0.6) is 0 Å². The van der Waals surface area contributed by atoms with Gasteiger partial charge in [-0.3, -0.25) is 0 Å². The van der Waals surface area contributed by atoms with Crippen LogP contribution in [0.2, 0.25) is 0 Å². The number of nitrogen functional groups attached to an aromatic ring is 1. The highest BCUT2D eigenvalue weighted by Gasteiger charge is 2.06. The number of hydrogen-bond donors (Lipinski definition) is 1. The minimum atomic E-state index is 0.591. The van der Waals surface area contributed by atoms with Gasteiger partial charge >= 0.3 is 0 Å². The van der Waals surface area contributed by atoms with Crippen molar-refractivity contribution in [2.45, 2.75) is 5.16 Å². The second-order valence-corrected chi connectivity index (χ2v) is 5.81. The first-order valence-electron chi connectivity index (χ1n) is 4.43. The maximum absolute atomic E-state index is 5.84. The summed E-state index contributed by atoms with van der Waals surface area (Å²) >= 11 is 5.09. The fourth-order valence-corrected chi connectivity index (χ4v) is 3.47. The highest BCUT2D eigenvalue weighted by molar-refractivity contribution is 8.02. The molecule has 15 heavy (non-hydrogen) atoms. The quantitative estimate of drug-likeness (QED) is 0.518. The second-order valence-electron chi connectivity index (χ2n) is 2.87. The highest BCUT2D eigenvalue weighted by atomic mass is 32.2. The Hall–Kier alpha value is -0.460. The minimum absolute atomic E-state index is 0.591. The first kappa shape index (κ1) is 11.0. The fraction of sp³-hybridized carbons (Fsp3) is 0.333. The summed E-state index contributed by atoms with van der Waals surface area (Å²) in [6.45, 7) is 0. The van der Waals surface area contributed by atoms with E-state index in [2.05, 4.69) is 16.2 Å². The van der Waals surface area contributed by atoms with Crippen LogP contribution in [0.3, 0.4) is 0 Å². The maximum Gasteiger partial charge on any atom is 0.190 e. The Bertz CT molecular complexity index is 455. The molecule has 0 bridgehead atoms. The van der Waals surface area contributed by atoms with Gasteiger partial charge in [-0.25, -0.2) is 9.97 Å². The Morgan fingerprint density at radius 3 is 3.07 bits per heavy atom. The van der Waals surface area contributed by atoms with Gasteiger partial charge in [0.05, 0.1) is 5.39 Å². The molecule has 3 nitrogen and oxygen atoms in total. The Kier molecular flexibility index (Phi) is 3.71. The smallest absolute Gasteiger partial charge is 0.190 e. The average molecular weight is 257 g/mol. The molecule has 0 unspecified atom stereocenters. The van der Waals surface area contributed by atoms with Crippen molar-refractivity contribution in [1.82, 2.24) is 9.97 Å². The molecule has 6 heteroatoms. The Morgan fingerprint density at radius 1 is 1.40 bits per heavy atom. The van der Waals surface area contributed by atoms with E-state index in [9.17, 15) is 0 Å². The van der Waals surface area contributed by atoms with Gasteiger partial charge in [0.2, 0.25) is 0 Å². The van der Waals surface area contributed by atoms with Gasteiger partial charge in [0, 0.05) is 11.5 Å². The molecule has 2 aromatic heterocycles. The summed E-state index contributed by atoms with van der Waals surface area (Å²) < 4.78 is 0. The first-order valence-corrected chi connectivity index (χ1v) is 7.69. The summed E-state index contributed by atoms with van der Waals surface area (Å²) in [7, 11) is 0. The third-order valence-electron chi connectivity index (χ3n) is 1.85. The van der Waals surface area contributed by atoms with E-state index in [1.54, 1.807) is 23.1 Å². The van der Waals surface area contributed by atoms with Crippen molar-refractivity contribution in [3.05, 3.63) is 11.4 Å². The van der Waals surface area contributed by atoms with Crippen molar-refractivity contribution in [2.75, 3.05) is 23.5 Å². The average Bonchev–Trinajstić information content (AvgIpc) is 2.66. The Morgan fingerprint density at radius 2 is 2.27 bits per heavy atom. The fourth-order valence-electron chi connectivity index (χ4n) is 1.14. The zero-order valence-corrected chi connectivity index (χ0v) is 10.7. The van der Waals surface area contributed by atoms with Gasteiger partial charge in [0.25, 0.3) is 0 Å². The Balaban J connectivity index is 2.21. The first-order chi connectivity index (χ1) is 7.31. The number of aromatic nitrogens is 2. The molecule has 2 rings (SSSR count). The van der Waals surface area contributed by atoms with Crippen molar-refractivity contribution in [1.29, 1.82) is 0 Å². The molecule has 0 atom stereocenters. The molecular weight excluding hydrogens is 246 g/mol. The summed E-state index contributed by atoms with van der Waals surface area (Å²) in [5.41, 5.74) is 5.84. The van der Waals surface area contributed by atoms with Gasteiger partial charge < -0.3 is 5.73 Å². The van der Waals surface area contributed by atoms with Gasteiger partial charge in [0.1, 0.15) is 10.6 Å². The van der Waals surface area contributed by atoms with E-state index >= 15 is 0 Å². The van der Waals surface area contributed by atoms with Crippen molar-refractivity contribution in [3.8, 4) is 0 Å². The monoisotopic (exact) mass is 257 g/mol. The number of thiophene rings is 1. The number of hydrogen-bond acceptors (Lipinski definition) is 6. The molecule has 0 spiro atoms. The van der Waals surface area contributed by atoms with Gasteiger partial charge in [-0.1, -0.05) is 11.8 Å². The van der Waals surface area contributed by atoms with Crippen LogP contribution in [0.4, 0.5) is 5.82 Å². The third-order valence-corrected chi connectivity index (χ3v) is 4.38. The van der Waals surface area contributed by atoms with Crippen molar-refractivity contribution >= 4 is 50.9 Å². The molecule has 2 heterocycles. The lowest BCUT2D eigenvalue weighted by Crippen LogP contribution is -1.95. The molecule has 2 N–H and O–H groups in total. The molecule has 0 amide bonds. The van der Waals surface area contributed by atoms with Gasteiger partial charge in [0.15, 0.2) is 5.16 Å².